The lowest BCUT2D eigenvalue weighted by molar-refractivity contribution is -0.337. The van der Waals surface area contributed by atoms with Gasteiger partial charge in [0.15, 0.2) is 37.4 Å². The first kappa shape index (κ1) is 92.0. The number of carboxylic acid groups (broad SMARTS) is 2. The summed E-state index contributed by atoms with van der Waals surface area (Å²) in [6, 6.07) is -2.91. The van der Waals surface area contributed by atoms with Crippen molar-refractivity contribution in [2.45, 2.75) is 323 Å². The van der Waals surface area contributed by atoms with Crippen LogP contribution in [0.5, 0.6) is 0 Å². The van der Waals surface area contributed by atoms with Crippen molar-refractivity contribution in [1.82, 2.24) is 21.3 Å². The Hall–Kier alpha value is -4.14. The van der Waals surface area contributed by atoms with E-state index in [1.54, 1.807) is 0 Å². The van der Waals surface area contributed by atoms with Gasteiger partial charge in [-0.2, -0.15) is 0 Å². The summed E-state index contributed by atoms with van der Waals surface area (Å²) in [7, 11) is 0. The molecule has 7 fully saturated rings. The van der Waals surface area contributed by atoms with Gasteiger partial charge in [-0.05, 0) is 69.6 Å². The summed E-state index contributed by atoms with van der Waals surface area (Å²) in [5, 5.41) is 140. The van der Waals surface area contributed by atoms with Gasteiger partial charge in [0, 0.05) is 0 Å². The number of ether oxygens (including phenoxy) is 14. The third-order valence-electron chi connectivity index (χ3n) is 22.0. The highest BCUT2D eigenvalue weighted by Crippen LogP contribution is 2.40. The molecular formula is C73H126N4O32. The molecule has 0 radical (unpaired) electrons. The molecule has 36 nitrogen and oxygen atoms in total. The molecule has 0 aromatic carbocycles. The summed E-state index contributed by atoms with van der Waals surface area (Å²) in [5.41, 5.74) is 0. The average molecular weight is 1570 g/mol. The zero-order valence-electron chi connectivity index (χ0n) is 63.8. The van der Waals surface area contributed by atoms with Crippen molar-refractivity contribution >= 4 is 35.6 Å². The Kier molecular flexibility index (Phi) is 39.7. The summed E-state index contributed by atoms with van der Waals surface area (Å²) in [4.78, 5) is 79.5. The number of carboxylic acids is 2. The number of amides is 4. The normalized spacial score (nSPS) is 35.0. The fourth-order valence-electron chi connectivity index (χ4n) is 15.4. The summed E-state index contributed by atoms with van der Waals surface area (Å²) in [6.07, 6.45) is -20.2. The molecule has 4 amide bonds. The second-order valence-corrected chi connectivity index (χ2v) is 30.0. The van der Waals surface area contributed by atoms with Crippen LogP contribution in [0, 0.1) is 23.7 Å². The van der Waals surface area contributed by atoms with Gasteiger partial charge in [-0.25, -0.2) is 9.59 Å². The van der Waals surface area contributed by atoms with Gasteiger partial charge in [-0.3, -0.25) is 19.2 Å². The van der Waals surface area contributed by atoms with Crippen LogP contribution in [0.3, 0.4) is 0 Å². The van der Waals surface area contributed by atoms with Crippen molar-refractivity contribution in [1.29, 1.82) is 0 Å². The van der Waals surface area contributed by atoms with Crippen molar-refractivity contribution in [3.63, 3.8) is 0 Å². The lowest BCUT2D eigenvalue weighted by atomic mass is 9.82. The van der Waals surface area contributed by atoms with Crippen LogP contribution in [0.4, 0.5) is 0 Å². The van der Waals surface area contributed by atoms with Gasteiger partial charge in [-0.15, -0.1) is 0 Å². The molecule has 7 rings (SSSR count). The molecule has 3 saturated carbocycles. The van der Waals surface area contributed by atoms with E-state index in [0.717, 1.165) is 64.2 Å². The average Bonchev–Trinajstić information content (AvgIpc) is 0.786. The van der Waals surface area contributed by atoms with Crippen LogP contribution >= 0.6 is 0 Å². The topological polar surface area (TPSA) is 523 Å². The second-order valence-electron chi connectivity index (χ2n) is 30.0. The number of hydrogen-bond acceptors (Lipinski definition) is 30. The summed E-state index contributed by atoms with van der Waals surface area (Å²) >= 11 is 0. The van der Waals surface area contributed by atoms with E-state index in [9.17, 15) is 90.0 Å². The number of aliphatic hydroxyl groups excluding tert-OH is 10. The molecule has 4 heterocycles. The zero-order valence-corrected chi connectivity index (χ0v) is 63.8. The van der Waals surface area contributed by atoms with E-state index in [-0.39, 0.29) is 82.6 Å². The Labute approximate surface area is 636 Å². The lowest BCUT2D eigenvalue weighted by Crippen LogP contribution is -2.67. The summed E-state index contributed by atoms with van der Waals surface area (Å²) in [6.45, 7) is 6.93. The Balaban J connectivity index is 0.858. The van der Waals surface area contributed by atoms with E-state index < -0.39 is 234 Å². The van der Waals surface area contributed by atoms with Gasteiger partial charge >= 0.3 is 11.9 Å². The van der Waals surface area contributed by atoms with Crippen LogP contribution in [-0.4, -0.2) is 335 Å². The quantitative estimate of drug-likeness (QED) is 0.0302. The highest BCUT2D eigenvalue weighted by atomic mass is 16.7. The molecule has 0 spiro atoms. The highest BCUT2D eigenvalue weighted by Gasteiger charge is 2.54. The molecule has 0 bridgehead atoms. The zero-order chi connectivity index (χ0) is 79.4. The molecular weight excluding hydrogens is 1440 g/mol. The van der Waals surface area contributed by atoms with Crippen molar-refractivity contribution < 1.29 is 156 Å². The smallest absolute Gasteiger partial charge is 0.332 e. The Bertz CT molecular complexity index is 2690. The first-order valence-corrected chi connectivity index (χ1v) is 39.3. The van der Waals surface area contributed by atoms with Gasteiger partial charge in [0.05, 0.1) is 103 Å². The van der Waals surface area contributed by atoms with Gasteiger partial charge < -0.3 is 149 Å². The minimum Gasteiger partial charge on any atom is -0.479 e. The third kappa shape index (κ3) is 27.5. The van der Waals surface area contributed by atoms with E-state index in [1.807, 2.05) is 27.7 Å². The number of aliphatic hydroxyl groups is 10. The number of nitrogens with one attached hydrogen (secondary N) is 4. The molecule has 0 aromatic rings. The Morgan fingerprint density at radius 3 is 1.36 bits per heavy atom. The highest BCUT2D eigenvalue weighted by molar-refractivity contribution is 5.86. The number of aliphatic carboxylic acids is 2. The van der Waals surface area contributed by atoms with Gasteiger partial charge in [-0.1, -0.05) is 118 Å². The summed E-state index contributed by atoms with van der Waals surface area (Å²) in [5.74, 6) is -6.16. The van der Waals surface area contributed by atoms with Crippen molar-refractivity contribution in [2.75, 3.05) is 79.2 Å². The Morgan fingerprint density at radius 1 is 0.459 bits per heavy atom. The molecule has 7 aliphatic rings. The van der Waals surface area contributed by atoms with Crippen LogP contribution in [0.1, 0.15) is 164 Å². The van der Waals surface area contributed by atoms with E-state index in [2.05, 4.69) is 21.3 Å². The molecule has 3 aliphatic carbocycles. The minimum atomic E-state index is -1.70. The fraction of sp³-hybridized carbons (Fsp3) is 0.918. The minimum absolute atomic E-state index is 0.00145. The van der Waals surface area contributed by atoms with Crippen molar-refractivity contribution in [3.05, 3.63) is 0 Å². The first-order chi connectivity index (χ1) is 52.2. The largest absolute Gasteiger partial charge is 0.479 e. The number of hydrogen-bond donors (Lipinski definition) is 16. The predicted octanol–water partition coefficient (Wildman–Crippen LogP) is -1.72. The van der Waals surface area contributed by atoms with Crippen LogP contribution in [0.25, 0.3) is 0 Å². The fourth-order valence-corrected chi connectivity index (χ4v) is 15.4. The number of carbonyl (C=O) groups excluding carboxylic acids is 4. The van der Waals surface area contributed by atoms with E-state index >= 15 is 0 Å². The van der Waals surface area contributed by atoms with Crippen LogP contribution in [-0.2, 0) is 95.1 Å². The Morgan fingerprint density at radius 2 is 0.908 bits per heavy atom. The maximum absolute atomic E-state index is 13.9. The predicted molar refractivity (Wildman–Crippen MR) is 378 cm³/mol. The molecule has 630 valence electrons. The molecule has 28 atom stereocenters. The molecule has 16 N–H and O–H groups in total. The number of carbonyl (C=O) groups is 6. The molecule has 4 saturated heterocycles. The standard InChI is InChI=1S/C73H126N4O32/c1-7-17-44(64(38(4)8-2)108-72-62(90)60(88)56(84)39(5)100-72)104-70-54(66(58(86)48(34-78)106-70)102-46(68(92)93)30-41-18-12-10-13-19-41)76-50(80)32-74-52(82)36-98-28-26-96-24-25-97-27-29-99-37-53(83)75-33-51(81)77-55-67(103-47(69(94)95)31-42-20-14-11-15-21-42)59(87)49(35-79)107-71(55)105-45-23-16-22-43(9-3)65(45)109-73-63(91)61(89)57(85)40(6)101-73/h38-49,54-67,70-73,78-79,84-91H,7-37H2,1-6H3,(H,74,82)(H,75,83)(H,76,80)(H,77,81)(H,92,93)(H,94,95)/t38-,39?,40?,43?,44+,45+,46-,47-,48?,49?,54?,55?,56+,57+,58-,59-,60?,61?,62?,63?,64?,65?,66?,67?,70+,71+,72-,73-/m0/s1. The van der Waals surface area contributed by atoms with E-state index in [0.29, 0.717) is 38.5 Å². The van der Waals surface area contributed by atoms with E-state index in [4.69, 9.17) is 66.3 Å². The molecule has 0 aromatic heterocycles. The lowest BCUT2D eigenvalue weighted by Gasteiger charge is -2.48. The monoisotopic (exact) mass is 1570 g/mol. The van der Waals surface area contributed by atoms with Crippen molar-refractivity contribution in [3.8, 4) is 0 Å². The van der Waals surface area contributed by atoms with Gasteiger partial charge in [0.1, 0.15) is 98.5 Å². The van der Waals surface area contributed by atoms with Crippen LogP contribution < -0.4 is 21.3 Å². The van der Waals surface area contributed by atoms with E-state index in [1.165, 1.54) is 13.8 Å². The SMILES string of the molecule is CCC[C@@H](O[C@@H]1OC(CO)[C@H](O)C(O[C@@H](CC2CCCCC2)C(=O)O)C1NC(=O)CNC(=O)COCCOCCOCCOCC(=O)NCC(=O)NC1C(O[C@@H](CC2CCCCC2)C(=O)O)[C@@H](O)C(CO)O[C@H]1O[C@@H]1CCCC(CC)C1O[C@@H]1OC(C)[C@@H](O)C(O)C1O)C(O[C@@H]1OC(C)[C@@H](O)C(O)C1O)[C@@H](C)CC. The van der Waals surface area contributed by atoms with Crippen LogP contribution in [0.2, 0.25) is 0 Å². The maximum Gasteiger partial charge on any atom is 0.332 e. The number of rotatable bonds is 45. The first-order valence-electron chi connectivity index (χ1n) is 39.3. The molecule has 4 aliphatic heterocycles. The maximum atomic E-state index is 13.9. The van der Waals surface area contributed by atoms with Crippen LogP contribution in [0.15, 0.2) is 0 Å². The second kappa shape index (κ2) is 47.0. The molecule has 36 heteroatoms. The molecule has 109 heavy (non-hydrogen) atoms. The molecule has 15 unspecified atom stereocenters. The van der Waals surface area contributed by atoms with Gasteiger partial charge in [0.2, 0.25) is 23.6 Å². The third-order valence-corrected chi connectivity index (χ3v) is 22.0. The summed E-state index contributed by atoms with van der Waals surface area (Å²) < 4.78 is 84.5. The van der Waals surface area contributed by atoms with Gasteiger partial charge in [0.25, 0.3) is 0 Å². The van der Waals surface area contributed by atoms with Crippen molar-refractivity contribution in [2.24, 2.45) is 23.7 Å².